The van der Waals surface area contributed by atoms with E-state index in [-0.39, 0.29) is 48.5 Å². The number of piperazine rings is 1. The fourth-order valence-electron chi connectivity index (χ4n) is 3.68. The molecule has 31 heavy (non-hydrogen) atoms. The average Bonchev–Trinajstić information content (AvgIpc) is 3.09. The smallest absolute Gasteiger partial charge is 0.289 e. The fourth-order valence-corrected chi connectivity index (χ4v) is 5.28. The van der Waals surface area contributed by atoms with Gasteiger partial charge in [-0.25, -0.2) is 8.42 Å². The molecule has 0 unspecified atom stereocenters. The van der Waals surface area contributed by atoms with Crippen molar-refractivity contribution in [2.75, 3.05) is 26.2 Å². The van der Waals surface area contributed by atoms with Gasteiger partial charge in [0.25, 0.3) is 5.91 Å². The number of nitrogens with zero attached hydrogens (tertiary/aromatic N) is 2. The molecule has 2 aromatic carbocycles. The topological polar surface area (TPSA) is 87.9 Å². The molecule has 1 aromatic heterocycles. The van der Waals surface area contributed by atoms with Crippen LogP contribution in [0.1, 0.15) is 33.4 Å². The van der Waals surface area contributed by atoms with Gasteiger partial charge in [-0.2, -0.15) is 4.31 Å². The molecule has 0 saturated carbocycles. The molecule has 162 valence electrons. The van der Waals surface area contributed by atoms with Crippen molar-refractivity contribution in [2.24, 2.45) is 0 Å². The van der Waals surface area contributed by atoms with Gasteiger partial charge < -0.3 is 9.32 Å². The Morgan fingerprint density at radius 2 is 1.65 bits per heavy atom. The van der Waals surface area contributed by atoms with Crippen LogP contribution in [0.15, 0.2) is 51.8 Å². The molecule has 0 atom stereocenters. The SMILES string of the molecule is CC(=O)c1ccc(S(=O)(=O)N2CCN(C(=O)c3oc4ccc(Cl)cc4c3C)CC2)cc1. The summed E-state index contributed by atoms with van der Waals surface area (Å²) in [5, 5.41) is 1.34. The number of hydrogen-bond acceptors (Lipinski definition) is 5. The molecule has 0 radical (unpaired) electrons. The first-order chi connectivity index (χ1) is 14.7. The van der Waals surface area contributed by atoms with Crippen LogP contribution in [0.25, 0.3) is 11.0 Å². The Kier molecular flexibility index (Phi) is 5.63. The van der Waals surface area contributed by atoms with Crippen molar-refractivity contribution in [1.82, 2.24) is 9.21 Å². The van der Waals surface area contributed by atoms with Crippen LogP contribution in [0.4, 0.5) is 0 Å². The Labute approximate surface area is 185 Å². The fraction of sp³-hybridized carbons (Fsp3) is 0.273. The number of benzene rings is 2. The number of halogens is 1. The second-order valence-electron chi connectivity index (χ2n) is 7.47. The number of hydrogen-bond donors (Lipinski definition) is 0. The zero-order valence-corrected chi connectivity index (χ0v) is 18.7. The lowest BCUT2D eigenvalue weighted by atomic mass is 10.1. The van der Waals surface area contributed by atoms with E-state index in [9.17, 15) is 18.0 Å². The third-order valence-electron chi connectivity index (χ3n) is 5.52. The lowest BCUT2D eigenvalue weighted by molar-refractivity contribution is 0.0667. The zero-order chi connectivity index (χ0) is 22.3. The molecule has 7 nitrogen and oxygen atoms in total. The van der Waals surface area contributed by atoms with Gasteiger partial charge in [-0.05, 0) is 44.2 Å². The maximum absolute atomic E-state index is 13.0. The van der Waals surface area contributed by atoms with Gasteiger partial charge in [0, 0.05) is 47.7 Å². The standard InChI is InChI=1S/C22H21ClN2O5S/c1-14-19-13-17(23)5-8-20(19)30-21(14)22(27)24-9-11-25(12-10-24)31(28,29)18-6-3-16(4-7-18)15(2)26/h3-8,13H,9-12H2,1-2H3. The molecule has 0 N–H and O–H groups in total. The summed E-state index contributed by atoms with van der Waals surface area (Å²) in [5.41, 5.74) is 1.75. The van der Waals surface area contributed by atoms with Gasteiger partial charge in [0.05, 0.1) is 4.90 Å². The van der Waals surface area contributed by atoms with Crippen molar-refractivity contribution in [3.63, 3.8) is 0 Å². The van der Waals surface area contributed by atoms with E-state index >= 15 is 0 Å². The summed E-state index contributed by atoms with van der Waals surface area (Å²) in [6.45, 7) is 4.09. The van der Waals surface area contributed by atoms with E-state index in [4.69, 9.17) is 16.0 Å². The molecule has 2 heterocycles. The van der Waals surface area contributed by atoms with E-state index in [1.54, 1.807) is 30.0 Å². The number of carbonyl (C=O) groups is 2. The monoisotopic (exact) mass is 460 g/mol. The van der Waals surface area contributed by atoms with Crippen LogP contribution in [0.5, 0.6) is 0 Å². The van der Waals surface area contributed by atoms with Gasteiger partial charge in [0.2, 0.25) is 10.0 Å². The second kappa shape index (κ2) is 8.11. The molecule has 1 amide bonds. The molecule has 0 aliphatic carbocycles. The Morgan fingerprint density at radius 1 is 1.00 bits per heavy atom. The first kappa shape index (κ1) is 21.5. The molecule has 1 saturated heterocycles. The van der Waals surface area contributed by atoms with Crippen LogP contribution >= 0.6 is 11.6 Å². The molecule has 3 aromatic rings. The average molecular weight is 461 g/mol. The highest BCUT2D eigenvalue weighted by molar-refractivity contribution is 7.89. The Morgan fingerprint density at radius 3 is 2.26 bits per heavy atom. The summed E-state index contributed by atoms with van der Waals surface area (Å²) in [5.74, 6) is -0.152. The lowest BCUT2D eigenvalue weighted by Crippen LogP contribution is -2.50. The van der Waals surface area contributed by atoms with Crippen LogP contribution in [0.3, 0.4) is 0 Å². The van der Waals surface area contributed by atoms with Gasteiger partial charge in [0.1, 0.15) is 5.58 Å². The number of fused-ring (bicyclic) bond motifs is 1. The third-order valence-corrected chi connectivity index (χ3v) is 7.66. The highest BCUT2D eigenvalue weighted by Gasteiger charge is 2.32. The van der Waals surface area contributed by atoms with Gasteiger partial charge in [-0.3, -0.25) is 9.59 Å². The van der Waals surface area contributed by atoms with Crippen LogP contribution < -0.4 is 0 Å². The molecule has 0 spiro atoms. The van der Waals surface area contributed by atoms with Gasteiger partial charge in [-0.15, -0.1) is 0 Å². The summed E-state index contributed by atoms with van der Waals surface area (Å²) >= 11 is 6.05. The first-order valence-corrected chi connectivity index (χ1v) is 11.6. The van der Waals surface area contributed by atoms with E-state index in [0.717, 1.165) is 5.39 Å². The van der Waals surface area contributed by atoms with Crippen LogP contribution in [0, 0.1) is 6.92 Å². The van der Waals surface area contributed by atoms with Crippen molar-refractivity contribution >= 4 is 44.3 Å². The predicted octanol–water partition coefficient (Wildman–Crippen LogP) is 3.74. The largest absolute Gasteiger partial charge is 0.451 e. The summed E-state index contributed by atoms with van der Waals surface area (Å²) < 4.78 is 33.0. The molecule has 4 rings (SSSR count). The van der Waals surface area contributed by atoms with Gasteiger partial charge in [-0.1, -0.05) is 23.7 Å². The first-order valence-electron chi connectivity index (χ1n) is 9.77. The number of Topliss-reactive ketones (excluding diaryl/α,β-unsaturated/α-hetero) is 1. The van der Waals surface area contributed by atoms with Crippen molar-refractivity contribution in [2.45, 2.75) is 18.7 Å². The zero-order valence-electron chi connectivity index (χ0n) is 17.1. The molecule has 1 aliphatic heterocycles. The maximum atomic E-state index is 13.0. The number of furan rings is 1. The second-order valence-corrected chi connectivity index (χ2v) is 9.85. The Hall–Kier alpha value is -2.68. The molecule has 9 heteroatoms. The number of rotatable bonds is 4. The molecule has 1 aliphatic rings. The predicted molar refractivity (Wildman–Crippen MR) is 117 cm³/mol. The minimum absolute atomic E-state index is 0.126. The molecular weight excluding hydrogens is 440 g/mol. The van der Waals surface area contributed by atoms with Crippen LogP contribution in [-0.4, -0.2) is 55.5 Å². The summed E-state index contributed by atoms with van der Waals surface area (Å²) in [6.07, 6.45) is 0. The van der Waals surface area contributed by atoms with Crippen molar-refractivity contribution in [3.05, 3.63) is 64.4 Å². The molecular formula is C22H21ClN2O5S. The van der Waals surface area contributed by atoms with Gasteiger partial charge >= 0.3 is 0 Å². The number of carbonyl (C=O) groups excluding carboxylic acids is 2. The van der Waals surface area contributed by atoms with Crippen molar-refractivity contribution in [3.8, 4) is 0 Å². The quantitative estimate of drug-likeness (QED) is 0.553. The lowest BCUT2D eigenvalue weighted by Gasteiger charge is -2.33. The molecule has 1 fully saturated rings. The number of aryl methyl sites for hydroxylation is 1. The van der Waals surface area contributed by atoms with Gasteiger partial charge in [0.15, 0.2) is 11.5 Å². The molecule has 0 bridgehead atoms. The van der Waals surface area contributed by atoms with E-state index in [2.05, 4.69) is 0 Å². The highest BCUT2D eigenvalue weighted by atomic mass is 35.5. The maximum Gasteiger partial charge on any atom is 0.289 e. The number of ketones is 1. The van der Waals surface area contributed by atoms with E-state index in [1.807, 2.05) is 0 Å². The summed E-state index contributed by atoms with van der Waals surface area (Å²) in [4.78, 5) is 26.1. The van der Waals surface area contributed by atoms with E-state index in [0.29, 0.717) is 21.7 Å². The third kappa shape index (κ3) is 3.98. The Bertz CT molecular complexity index is 1270. The normalized spacial score (nSPS) is 15.4. The summed E-state index contributed by atoms with van der Waals surface area (Å²) in [7, 11) is -3.71. The van der Waals surface area contributed by atoms with Crippen molar-refractivity contribution in [1.29, 1.82) is 0 Å². The van der Waals surface area contributed by atoms with E-state index < -0.39 is 10.0 Å². The van der Waals surface area contributed by atoms with Crippen LogP contribution in [0.2, 0.25) is 5.02 Å². The van der Waals surface area contributed by atoms with Crippen molar-refractivity contribution < 1.29 is 22.4 Å². The Balaban J connectivity index is 1.48. The minimum atomic E-state index is -3.71. The minimum Gasteiger partial charge on any atom is -0.451 e. The summed E-state index contributed by atoms with van der Waals surface area (Å²) in [6, 6.07) is 11.1. The number of amides is 1. The highest BCUT2D eigenvalue weighted by Crippen LogP contribution is 2.29. The van der Waals surface area contributed by atoms with E-state index in [1.165, 1.54) is 35.5 Å². The van der Waals surface area contributed by atoms with Crippen LogP contribution in [-0.2, 0) is 10.0 Å². The number of sulfonamides is 1.